The fourth-order valence-corrected chi connectivity index (χ4v) is 3.14. The summed E-state index contributed by atoms with van der Waals surface area (Å²) < 4.78 is 5.34. The van der Waals surface area contributed by atoms with Crippen LogP contribution < -0.4 is 10.2 Å². The molecule has 0 spiro atoms. The normalized spacial score (nSPS) is 22.8. The molecular formula is C14H23N5O2. The summed E-state index contributed by atoms with van der Waals surface area (Å²) in [5.74, 6) is 1.09. The van der Waals surface area contributed by atoms with E-state index in [9.17, 15) is 4.79 Å². The summed E-state index contributed by atoms with van der Waals surface area (Å²) in [4.78, 5) is 20.5. The molecule has 1 saturated carbocycles. The maximum atomic E-state index is 12.4. The Kier molecular flexibility index (Phi) is 3.98. The zero-order chi connectivity index (χ0) is 14.8. The van der Waals surface area contributed by atoms with Crippen molar-refractivity contribution in [2.24, 2.45) is 0 Å². The SMILES string of the molecule is CN(C)c1noc(C2CCCN2C(=O)NC2CCCC2)n1. The molecule has 7 nitrogen and oxygen atoms in total. The van der Waals surface area contributed by atoms with Crippen LogP contribution in [-0.2, 0) is 0 Å². The molecule has 0 aromatic carbocycles. The quantitative estimate of drug-likeness (QED) is 0.921. The molecule has 1 N–H and O–H groups in total. The summed E-state index contributed by atoms with van der Waals surface area (Å²) in [6, 6.07) is 0.250. The van der Waals surface area contributed by atoms with Crippen molar-refractivity contribution >= 4 is 12.0 Å². The number of hydrogen-bond donors (Lipinski definition) is 1. The van der Waals surface area contributed by atoms with E-state index in [1.165, 1.54) is 12.8 Å². The van der Waals surface area contributed by atoms with E-state index in [1.54, 1.807) is 4.90 Å². The first-order valence-corrected chi connectivity index (χ1v) is 7.73. The Morgan fingerprint density at radius 3 is 2.71 bits per heavy atom. The van der Waals surface area contributed by atoms with E-state index in [-0.39, 0.29) is 12.1 Å². The van der Waals surface area contributed by atoms with Gasteiger partial charge in [-0.2, -0.15) is 4.98 Å². The molecule has 1 aromatic heterocycles. The lowest BCUT2D eigenvalue weighted by molar-refractivity contribution is 0.177. The lowest BCUT2D eigenvalue weighted by Crippen LogP contribution is -2.43. The molecule has 1 aromatic rings. The Bertz CT molecular complexity index is 495. The van der Waals surface area contributed by atoms with Gasteiger partial charge in [0.25, 0.3) is 11.8 Å². The van der Waals surface area contributed by atoms with Crippen molar-refractivity contribution in [3.05, 3.63) is 5.89 Å². The minimum Gasteiger partial charge on any atom is -0.344 e. The van der Waals surface area contributed by atoms with Crippen LogP contribution in [0.2, 0.25) is 0 Å². The number of nitrogens with zero attached hydrogens (tertiary/aromatic N) is 4. The lowest BCUT2D eigenvalue weighted by atomic mass is 10.2. The van der Waals surface area contributed by atoms with E-state index < -0.39 is 0 Å². The molecule has 116 valence electrons. The maximum Gasteiger partial charge on any atom is 0.318 e. The Hall–Kier alpha value is -1.79. The number of aromatic nitrogens is 2. The van der Waals surface area contributed by atoms with E-state index in [1.807, 2.05) is 19.0 Å². The van der Waals surface area contributed by atoms with Crippen LogP contribution in [0.15, 0.2) is 4.52 Å². The number of carbonyl (C=O) groups excluding carboxylic acids is 1. The van der Waals surface area contributed by atoms with Gasteiger partial charge in [-0.15, -0.1) is 0 Å². The first-order chi connectivity index (χ1) is 10.1. The predicted octanol–water partition coefficient (Wildman–Crippen LogP) is 1.92. The number of nitrogens with one attached hydrogen (secondary N) is 1. The molecule has 0 bridgehead atoms. The van der Waals surface area contributed by atoms with Crippen molar-refractivity contribution < 1.29 is 9.32 Å². The topological polar surface area (TPSA) is 74.5 Å². The molecule has 1 unspecified atom stereocenters. The Morgan fingerprint density at radius 2 is 2.05 bits per heavy atom. The summed E-state index contributed by atoms with van der Waals surface area (Å²) in [6.45, 7) is 0.753. The molecule has 2 aliphatic rings. The average Bonchev–Trinajstić information content (AvgIpc) is 3.19. The average molecular weight is 293 g/mol. The van der Waals surface area contributed by atoms with Gasteiger partial charge in [-0.3, -0.25) is 0 Å². The third-order valence-electron chi connectivity index (χ3n) is 4.31. The number of urea groups is 1. The van der Waals surface area contributed by atoms with E-state index in [0.29, 0.717) is 17.9 Å². The van der Waals surface area contributed by atoms with Crippen molar-refractivity contribution in [3.8, 4) is 0 Å². The maximum absolute atomic E-state index is 12.4. The molecule has 1 aliphatic heterocycles. The van der Waals surface area contributed by atoms with Gasteiger partial charge in [0, 0.05) is 26.7 Å². The second kappa shape index (κ2) is 5.91. The van der Waals surface area contributed by atoms with Gasteiger partial charge in [-0.25, -0.2) is 4.79 Å². The third-order valence-corrected chi connectivity index (χ3v) is 4.31. The van der Waals surface area contributed by atoms with Crippen molar-refractivity contribution in [1.29, 1.82) is 0 Å². The van der Waals surface area contributed by atoms with Crippen LogP contribution in [0.5, 0.6) is 0 Å². The number of anilines is 1. The summed E-state index contributed by atoms with van der Waals surface area (Å²) in [5, 5.41) is 7.08. The minimum atomic E-state index is -0.0902. The molecule has 2 amide bonds. The fourth-order valence-electron chi connectivity index (χ4n) is 3.14. The predicted molar refractivity (Wildman–Crippen MR) is 78.1 cm³/mol. The Labute approximate surface area is 124 Å². The van der Waals surface area contributed by atoms with Gasteiger partial charge >= 0.3 is 6.03 Å². The van der Waals surface area contributed by atoms with Gasteiger partial charge < -0.3 is 19.6 Å². The number of hydrogen-bond acceptors (Lipinski definition) is 5. The zero-order valence-electron chi connectivity index (χ0n) is 12.7. The highest BCUT2D eigenvalue weighted by molar-refractivity contribution is 5.75. The van der Waals surface area contributed by atoms with Crippen LogP contribution in [0.3, 0.4) is 0 Å². The van der Waals surface area contributed by atoms with Crippen molar-refractivity contribution in [2.75, 3.05) is 25.5 Å². The van der Waals surface area contributed by atoms with E-state index in [2.05, 4.69) is 15.5 Å². The number of carbonyl (C=O) groups is 1. The van der Waals surface area contributed by atoms with Gasteiger partial charge in [-0.05, 0) is 30.8 Å². The Morgan fingerprint density at radius 1 is 1.29 bits per heavy atom. The molecular weight excluding hydrogens is 270 g/mol. The van der Waals surface area contributed by atoms with E-state index >= 15 is 0 Å². The minimum absolute atomic E-state index is 0.00834. The summed E-state index contributed by atoms with van der Waals surface area (Å²) >= 11 is 0. The smallest absolute Gasteiger partial charge is 0.318 e. The van der Waals surface area contributed by atoms with Crippen LogP contribution >= 0.6 is 0 Å². The molecule has 3 rings (SSSR count). The highest BCUT2D eigenvalue weighted by Gasteiger charge is 2.35. The number of likely N-dealkylation sites (tertiary alicyclic amines) is 1. The van der Waals surface area contributed by atoms with Crippen LogP contribution in [0.4, 0.5) is 10.7 Å². The standard InChI is InChI=1S/C14H23N5O2/c1-18(2)13-16-12(21-17-13)11-8-5-9-19(11)14(20)15-10-6-3-4-7-10/h10-11H,3-9H2,1-2H3,(H,15,20). The summed E-state index contributed by atoms with van der Waals surface area (Å²) in [6.07, 6.45) is 6.47. The van der Waals surface area contributed by atoms with Gasteiger partial charge in [0.1, 0.15) is 6.04 Å². The largest absolute Gasteiger partial charge is 0.344 e. The van der Waals surface area contributed by atoms with Gasteiger partial charge in [0.15, 0.2) is 0 Å². The first kappa shape index (κ1) is 14.2. The molecule has 2 fully saturated rings. The molecule has 1 atom stereocenters. The summed E-state index contributed by atoms with van der Waals surface area (Å²) in [7, 11) is 3.74. The number of amides is 2. The molecule has 7 heteroatoms. The molecule has 1 aliphatic carbocycles. The van der Waals surface area contributed by atoms with Crippen molar-refractivity contribution in [1.82, 2.24) is 20.4 Å². The highest BCUT2D eigenvalue weighted by atomic mass is 16.5. The lowest BCUT2D eigenvalue weighted by Gasteiger charge is -2.24. The van der Waals surface area contributed by atoms with E-state index in [0.717, 1.165) is 32.2 Å². The highest BCUT2D eigenvalue weighted by Crippen LogP contribution is 2.32. The molecule has 2 heterocycles. The van der Waals surface area contributed by atoms with Gasteiger partial charge in [0.2, 0.25) is 0 Å². The number of rotatable bonds is 3. The molecule has 21 heavy (non-hydrogen) atoms. The van der Waals surface area contributed by atoms with Gasteiger partial charge in [-0.1, -0.05) is 12.8 Å². The Balaban J connectivity index is 1.67. The second-order valence-corrected chi connectivity index (χ2v) is 6.11. The van der Waals surface area contributed by atoms with E-state index in [4.69, 9.17) is 4.52 Å². The van der Waals surface area contributed by atoms with Crippen molar-refractivity contribution in [3.63, 3.8) is 0 Å². The first-order valence-electron chi connectivity index (χ1n) is 7.73. The third kappa shape index (κ3) is 2.96. The fraction of sp³-hybridized carbons (Fsp3) is 0.786. The molecule has 0 radical (unpaired) electrons. The second-order valence-electron chi connectivity index (χ2n) is 6.11. The van der Waals surface area contributed by atoms with Crippen LogP contribution in [0.1, 0.15) is 50.5 Å². The zero-order valence-corrected chi connectivity index (χ0v) is 12.7. The van der Waals surface area contributed by atoms with Crippen LogP contribution in [0, 0.1) is 0 Å². The van der Waals surface area contributed by atoms with Crippen molar-refractivity contribution in [2.45, 2.75) is 50.6 Å². The van der Waals surface area contributed by atoms with Crippen LogP contribution in [-0.4, -0.2) is 47.8 Å². The van der Waals surface area contributed by atoms with Crippen LogP contribution in [0.25, 0.3) is 0 Å². The molecule has 1 saturated heterocycles. The summed E-state index contributed by atoms with van der Waals surface area (Å²) in [5.41, 5.74) is 0. The monoisotopic (exact) mass is 293 g/mol. The van der Waals surface area contributed by atoms with Gasteiger partial charge in [0.05, 0.1) is 0 Å².